The van der Waals surface area contributed by atoms with Crippen LogP contribution in [-0.4, -0.2) is 67.4 Å². The number of rotatable bonds is 5. The minimum atomic E-state index is -0.809. The van der Waals surface area contributed by atoms with Crippen molar-refractivity contribution in [2.45, 2.75) is 38.0 Å². The highest BCUT2D eigenvalue weighted by Gasteiger charge is 2.49. The minimum Gasteiger partial charge on any atom is -0.450 e. The number of anilines is 1. The number of aromatic nitrogens is 4. The Bertz CT molecular complexity index is 1250. The lowest BCUT2D eigenvalue weighted by molar-refractivity contribution is 0.111. The van der Waals surface area contributed by atoms with Gasteiger partial charge in [0.2, 0.25) is 5.95 Å². The zero-order valence-corrected chi connectivity index (χ0v) is 19.6. The second-order valence-corrected chi connectivity index (χ2v) is 8.91. The lowest BCUT2D eigenvalue weighted by Crippen LogP contribution is -2.58. The third-order valence-corrected chi connectivity index (χ3v) is 6.85. The third-order valence-electron chi connectivity index (χ3n) is 6.85. The Kier molecular flexibility index (Phi) is 6.21. The van der Waals surface area contributed by atoms with E-state index in [2.05, 4.69) is 9.97 Å². The van der Waals surface area contributed by atoms with Gasteiger partial charge in [-0.05, 0) is 31.4 Å². The molecule has 0 aliphatic carbocycles. The summed E-state index contributed by atoms with van der Waals surface area (Å²) in [5.74, 6) is 0.470. The smallest absolute Gasteiger partial charge is 0.409 e. The molecule has 2 aliphatic rings. The summed E-state index contributed by atoms with van der Waals surface area (Å²) >= 11 is 0. The van der Waals surface area contributed by atoms with Crippen LogP contribution in [0.25, 0.3) is 11.4 Å². The Morgan fingerprint density at radius 2 is 1.97 bits per heavy atom. The van der Waals surface area contributed by atoms with Gasteiger partial charge in [-0.3, -0.25) is 9.36 Å². The van der Waals surface area contributed by atoms with Crippen LogP contribution < -0.4 is 10.5 Å². The number of aliphatic hydroxyl groups is 1. The molecule has 10 nitrogen and oxygen atoms in total. The number of β-amino-alcohol motifs (C(OH)–C–C–N with tert-alkyl or cyclic N) is 1. The average Bonchev–Trinajstić information content (AvgIpc) is 3.32. The number of likely N-dealkylation sites (tertiary alicyclic amines) is 1. The van der Waals surface area contributed by atoms with E-state index in [0.29, 0.717) is 56.4 Å². The maximum atomic E-state index is 13.1. The molecule has 2 aliphatic heterocycles. The van der Waals surface area contributed by atoms with E-state index in [0.717, 1.165) is 5.56 Å². The molecular formula is C25H28N6O4. The lowest BCUT2D eigenvalue weighted by atomic mass is 9.89. The number of nitrogens with zero attached hydrogens (tertiary/aromatic N) is 6. The number of aliphatic hydroxyl groups excluding tert-OH is 1. The second kappa shape index (κ2) is 9.46. The fourth-order valence-electron chi connectivity index (χ4n) is 5.03. The summed E-state index contributed by atoms with van der Waals surface area (Å²) in [4.78, 5) is 42.4. The van der Waals surface area contributed by atoms with Crippen molar-refractivity contribution in [2.75, 3.05) is 31.1 Å². The Morgan fingerprint density at radius 3 is 2.71 bits per heavy atom. The number of carbonyl (C=O) groups excluding carboxylic acids is 1. The number of hydrogen-bond acceptors (Lipinski definition) is 8. The molecule has 5 rings (SSSR count). The highest BCUT2D eigenvalue weighted by Crippen LogP contribution is 2.40. The average molecular weight is 477 g/mol. The molecule has 182 valence electrons. The van der Waals surface area contributed by atoms with Crippen LogP contribution in [0.3, 0.4) is 0 Å². The van der Waals surface area contributed by atoms with Crippen molar-refractivity contribution in [1.82, 2.24) is 24.4 Å². The summed E-state index contributed by atoms with van der Waals surface area (Å²) in [6, 6.07) is 12.6. The zero-order valence-electron chi connectivity index (χ0n) is 19.6. The van der Waals surface area contributed by atoms with Gasteiger partial charge in [0.1, 0.15) is 6.33 Å². The quantitative estimate of drug-likeness (QED) is 0.597. The Balaban J connectivity index is 1.57. The predicted molar refractivity (Wildman–Crippen MR) is 129 cm³/mol. The van der Waals surface area contributed by atoms with E-state index in [1.54, 1.807) is 28.7 Å². The van der Waals surface area contributed by atoms with E-state index in [1.165, 1.54) is 12.4 Å². The van der Waals surface area contributed by atoms with Crippen LogP contribution in [0.15, 0.2) is 59.8 Å². The van der Waals surface area contributed by atoms with Crippen LogP contribution in [0.1, 0.15) is 31.4 Å². The summed E-state index contributed by atoms with van der Waals surface area (Å²) in [7, 11) is 0. The van der Waals surface area contributed by atoms with E-state index in [1.807, 2.05) is 35.2 Å². The molecule has 1 unspecified atom stereocenters. The van der Waals surface area contributed by atoms with E-state index >= 15 is 0 Å². The fourth-order valence-corrected chi connectivity index (χ4v) is 5.03. The molecule has 0 bridgehead atoms. The summed E-state index contributed by atoms with van der Waals surface area (Å²) in [5, 5.41) is 11.2. The van der Waals surface area contributed by atoms with E-state index < -0.39 is 11.6 Å². The number of ether oxygens (including phenoxy) is 1. The molecule has 1 fully saturated rings. The molecule has 1 spiro atoms. The summed E-state index contributed by atoms with van der Waals surface area (Å²) in [5.41, 5.74) is 1.10. The maximum absolute atomic E-state index is 13.1. The summed E-state index contributed by atoms with van der Waals surface area (Å²) in [6.45, 7) is 3.75. The molecule has 1 aromatic carbocycles. The van der Waals surface area contributed by atoms with Gasteiger partial charge < -0.3 is 19.6 Å². The first-order valence-electron chi connectivity index (χ1n) is 11.8. The van der Waals surface area contributed by atoms with Crippen LogP contribution in [0.5, 0.6) is 0 Å². The Hall–Kier alpha value is -3.79. The van der Waals surface area contributed by atoms with Gasteiger partial charge in [0, 0.05) is 31.9 Å². The monoisotopic (exact) mass is 476 g/mol. The van der Waals surface area contributed by atoms with Gasteiger partial charge >= 0.3 is 6.09 Å². The molecule has 1 saturated heterocycles. The third kappa shape index (κ3) is 4.37. The van der Waals surface area contributed by atoms with E-state index in [9.17, 15) is 14.7 Å². The molecular weight excluding hydrogens is 448 g/mol. The van der Waals surface area contributed by atoms with Crippen molar-refractivity contribution in [3.8, 4) is 11.4 Å². The number of carbonyl (C=O) groups is 1. The predicted octanol–water partition coefficient (Wildman–Crippen LogP) is 2.25. The molecule has 4 heterocycles. The molecule has 2 atom stereocenters. The van der Waals surface area contributed by atoms with Crippen molar-refractivity contribution in [3.05, 3.63) is 70.9 Å². The van der Waals surface area contributed by atoms with Gasteiger partial charge in [0.15, 0.2) is 0 Å². The van der Waals surface area contributed by atoms with Gasteiger partial charge in [0.05, 0.1) is 36.2 Å². The molecule has 10 heteroatoms. The van der Waals surface area contributed by atoms with Crippen molar-refractivity contribution >= 4 is 12.0 Å². The summed E-state index contributed by atoms with van der Waals surface area (Å²) < 4.78 is 6.88. The highest BCUT2D eigenvalue weighted by molar-refractivity contribution is 5.68. The first kappa shape index (κ1) is 23.0. The summed E-state index contributed by atoms with van der Waals surface area (Å²) in [6.07, 6.45) is 3.19. The maximum Gasteiger partial charge on any atom is 0.409 e. The second-order valence-electron chi connectivity index (χ2n) is 8.91. The number of benzene rings is 1. The first-order chi connectivity index (χ1) is 17.0. The SMILES string of the molecule is CCOC(=O)N1CCC2(CCn3c(nc(-c4ccncn4)cc3=O)N2C[C@@H](O)c2ccccc2)C1. The Morgan fingerprint density at radius 1 is 1.17 bits per heavy atom. The van der Waals surface area contributed by atoms with Crippen molar-refractivity contribution in [3.63, 3.8) is 0 Å². The van der Waals surface area contributed by atoms with Crippen molar-refractivity contribution < 1.29 is 14.6 Å². The number of hydrogen-bond donors (Lipinski definition) is 1. The van der Waals surface area contributed by atoms with Gasteiger partial charge in [-0.15, -0.1) is 0 Å². The van der Waals surface area contributed by atoms with Crippen LogP contribution in [0.4, 0.5) is 10.7 Å². The highest BCUT2D eigenvalue weighted by atomic mass is 16.6. The van der Waals surface area contributed by atoms with Gasteiger partial charge in [-0.1, -0.05) is 30.3 Å². The first-order valence-corrected chi connectivity index (χ1v) is 11.8. The Labute approximate surface area is 202 Å². The largest absolute Gasteiger partial charge is 0.450 e. The number of amides is 1. The molecule has 35 heavy (non-hydrogen) atoms. The molecule has 1 amide bonds. The minimum absolute atomic E-state index is 0.182. The van der Waals surface area contributed by atoms with Gasteiger partial charge in [0.25, 0.3) is 5.56 Å². The van der Waals surface area contributed by atoms with Gasteiger partial charge in [-0.2, -0.15) is 0 Å². The van der Waals surface area contributed by atoms with Crippen LogP contribution in [-0.2, 0) is 11.3 Å². The molecule has 2 aromatic heterocycles. The van der Waals surface area contributed by atoms with Crippen LogP contribution >= 0.6 is 0 Å². The van der Waals surface area contributed by atoms with Crippen molar-refractivity contribution in [1.29, 1.82) is 0 Å². The van der Waals surface area contributed by atoms with E-state index in [4.69, 9.17) is 9.72 Å². The topological polar surface area (TPSA) is 114 Å². The molecule has 1 N–H and O–H groups in total. The van der Waals surface area contributed by atoms with Crippen LogP contribution in [0.2, 0.25) is 0 Å². The van der Waals surface area contributed by atoms with Crippen LogP contribution in [0, 0.1) is 0 Å². The zero-order chi connectivity index (χ0) is 24.4. The fraction of sp³-hybridized carbons (Fsp3) is 0.400. The standard InChI is InChI=1S/C25H28N6O4/c1-2-35-24(34)29-12-9-25(16-29)10-13-30-22(33)14-20(19-8-11-26-17-27-19)28-23(30)31(25)15-21(32)18-6-4-3-5-7-18/h3-8,11,14,17,21,32H,2,9-10,12-13,15-16H2,1H3/t21-,25?/m1/s1. The lowest BCUT2D eigenvalue weighted by Gasteiger charge is -2.47. The number of fused-ring (bicyclic) bond motifs is 1. The molecule has 3 aromatic rings. The van der Waals surface area contributed by atoms with E-state index in [-0.39, 0.29) is 18.2 Å². The molecule has 0 saturated carbocycles. The van der Waals surface area contributed by atoms with Gasteiger partial charge in [-0.25, -0.2) is 19.7 Å². The van der Waals surface area contributed by atoms with Crippen molar-refractivity contribution in [2.24, 2.45) is 0 Å². The molecule has 0 radical (unpaired) electrons. The normalized spacial score (nSPS) is 20.1.